The van der Waals surface area contributed by atoms with Gasteiger partial charge in [0.15, 0.2) is 0 Å². The molecule has 0 aliphatic heterocycles. The molecule has 0 amide bonds. The third-order valence-corrected chi connectivity index (χ3v) is 5.23. The average molecular weight is 332 g/mol. The van der Waals surface area contributed by atoms with Gasteiger partial charge in [-0.05, 0) is 45.4 Å². The molecule has 1 aromatic rings. The van der Waals surface area contributed by atoms with Crippen LogP contribution in [0.15, 0.2) is 0 Å². The van der Waals surface area contributed by atoms with E-state index in [1.165, 1.54) is 0 Å². The number of ether oxygens (including phenoxy) is 1. The number of carboxylic acid groups (broad SMARTS) is 1. The predicted molar refractivity (Wildman–Crippen MR) is 85.4 cm³/mol. The SMILES string of the molecule is CCC(CC)NC1CCC(Oc2nc(C)sc2C(=O)[O-])CC1.[Li+]. The standard InChI is InChI=1S/C16H26N2O3S.Li/c1-4-11(5-2)18-12-6-8-13(9-7-12)21-15-14(16(19)20)22-10(3)17-15;/h11-13,18H,4-9H2,1-3H3,(H,19,20);/q;+1/p-1. The minimum Gasteiger partial charge on any atom is -0.544 e. The summed E-state index contributed by atoms with van der Waals surface area (Å²) in [7, 11) is 0. The summed E-state index contributed by atoms with van der Waals surface area (Å²) in [5.74, 6) is -0.969. The second kappa shape index (κ2) is 9.68. The molecule has 0 radical (unpaired) electrons. The Morgan fingerprint density at radius 3 is 2.48 bits per heavy atom. The number of aromatic nitrogens is 1. The fourth-order valence-electron chi connectivity index (χ4n) is 2.98. The summed E-state index contributed by atoms with van der Waals surface area (Å²) in [4.78, 5) is 15.4. The Morgan fingerprint density at radius 2 is 1.96 bits per heavy atom. The third kappa shape index (κ3) is 5.79. The summed E-state index contributed by atoms with van der Waals surface area (Å²) in [6.45, 7) is 6.20. The Balaban J connectivity index is 0.00000264. The van der Waals surface area contributed by atoms with Crippen LogP contribution in [-0.2, 0) is 0 Å². The van der Waals surface area contributed by atoms with Gasteiger partial charge in [-0.3, -0.25) is 0 Å². The van der Waals surface area contributed by atoms with Gasteiger partial charge in [-0.25, -0.2) is 4.98 Å². The van der Waals surface area contributed by atoms with E-state index < -0.39 is 5.97 Å². The number of carboxylic acids is 1. The number of thiazole rings is 1. The van der Waals surface area contributed by atoms with Crippen LogP contribution in [0.1, 0.15) is 67.1 Å². The van der Waals surface area contributed by atoms with Crippen LogP contribution in [0, 0.1) is 6.92 Å². The fraction of sp³-hybridized carbons (Fsp3) is 0.750. The number of hydrogen-bond acceptors (Lipinski definition) is 6. The Hall–Kier alpha value is -0.543. The Bertz CT molecular complexity index is 498. The smallest absolute Gasteiger partial charge is 0.544 e. The number of nitrogens with zero attached hydrogens (tertiary/aromatic N) is 1. The van der Waals surface area contributed by atoms with E-state index in [0.29, 0.717) is 17.1 Å². The van der Waals surface area contributed by atoms with Crippen molar-refractivity contribution in [1.29, 1.82) is 0 Å². The van der Waals surface area contributed by atoms with E-state index in [0.717, 1.165) is 49.9 Å². The maximum Gasteiger partial charge on any atom is 1.00 e. The summed E-state index contributed by atoms with van der Waals surface area (Å²) in [6, 6.07) is 1.14. The van der Waals surface area contributed by atoms with Crippen molar-refractivity contribution in [2.75, 3.05) is 0 Å². The zero-order valence-electron chi connectivity index (χ0n) is 14.6. The predicted octanol–water partition coefficient (Wildman–Crippen LogP) is -0.713. The van der Waals surface area contributed by atoms with Crippen LogP contribution < -0.4 is 34.0 Å². The number of carbonyl (C=O) groups is 1. The molecule has 2 rings (SSSR count). The van der Waals surface area contributed by atoms with Crippen molar-refractivity contribution in [2.45, 2.75) is 77.5 Å². The summed E-state index contributed by atoms with van der Waals surface area (Å²) >= 11 is 1.12. The number of hydrogen-bond donors (Lipinski definition) is 1. The third-order valence-electron chi connectivity index (χ3n) is 4.30. The number of nitrogens with one attached hydrogen (secondary N) is 1. The van der Waals surface area contributed by atoms with Crippen molar-refractivity contribution in [3.8, 4) is 5.88 Å². The minimum atomic E-state index is -1.20. The number of aromatic carboxylic acids is 1. The molecule has 1 fully saturated rings. The second-order valence-electron chi connectivity index (χ2n) is 5.93. The van der Waals surface area contributed by atoms with E-state index in [-0.39, 0.29) is 35.7 Å². The van der Waals surface area contributed by atoms with Crippen LogP contribution in [0.2, 0.25) is 0 Å². The van der Waals surface area contributed by atoms with Gasteiger partial charge in [-0.2, -0.15) is 0 Å². The van der Waals surface area contributed by atoms with Gasteiger partial charge in [0.1, 0.15) is 11.0 Å². The largest absolute Gasteiger partial charge is 1.00 e. The second-order valence-corrected chi connectivity index (χ2v) is 7.13. The summed E-state index contributed by atoms with van der Waals surface area (Å²) in [6.07, 6.45) is 6.34. The van der Waals surface area contributed by atoms with Gasteiger partial charge in [-0.1, -0.05) is 13.8 Å². The van der Waals surface area contributed by atoms with Gasteiger partial charge >= 0.3 is 18.9 Å². The Kier molecular flexibility index (Phi) is 8.63. The van der Waals surface area contributed by atoms with Crippen LogP contribution in [-0.4, -0.2) is 29.1 Å². The molecule has 0 bridgehead atoms. The van der Waals surface area contributed by atoms with Crippen LogP contribution in [0.5, 0.6) is 5.88 Å². The van der Waals surface area contributed by atoms with E-state index in [9.17, 15) is 9.90 Å². The van der Waals surface area contributed by atoms with Gasteiger partial charge in [0, 0.05) is 12.1 Å². The molecule has 0 spiro atoms. The van der Waals surface area contributed by atoms with Crippen LogP contribution >= 0.6 is 11.3 Å². The summed E-state index contributed by atoms with van der Waals surface area (Å²) in [5, 5.41) is 15.5. The van der Waals surface area contributed by atoms with E-state index in [4.69, 9.17) is 4.74 Å². The molecule has 0 unspecified atom stereocenters. The molecule has 1 N–H and O–H groups in total. The van der Waals surface area contributed by atoms with E-state index in [1.807, 2.05) is 0 Å². The van der Waals surface area contributed by atoms with Crippen LogP contribution in [0.4, 0.5) is 0 Å². The number of carbonyl (C=O) groups excluding carboxylic acids is 1. The van der Waals surface area contributed by atoms with Gasteiger partial charge in [0.25, 0.3) is 0 Å². The van der Waals surface area contributed by atoms with Crippen molar-refractivity contribution in [3.63, 3.8) is 0 Å². The van der Waals surface area contributed by atoms with Crippen molar-refractivity contribution >= 4 is 17.3 Å². The van der Waals surface area contributed by atoms with Crippen LogP contribution in [0.3, 0.4) is 0 Å². The van der Waals surface area contributed by atoms with Crippen molar-refractivity contribution in [1.82, 2.24) is 10.3 Å². The Labute approximate surface area is 154 Å². The Morgan fingerprint density at radius 1 is 1.35 bits per heavy atom. The molecule has 1 aliphatic carbocycles. The van der Waals surface area contributed by atoms with Gasteiger partial charge in [-0.15, -0.1) is 11.3 Å². The molecular formula is C16H25LiN2O3S. The van der Waals surface area contributed by atoms with E-state index in [1.54, 1.807) is 6.92 Å². The van der Waals surface area contributed by atoms with Gasteiger partial charge in [0.2, 0.25) is 5.88 Å². The molecule has 1 heterocycles. The van der Waals surface area contributed by atoms with Crippen molar-refractivity contribution < 1.29 is 33.5 Å². The molecule has 1 saturated carbocycles. The molecule has 5 nitrogen and oxygen atoms in total. The zero-order valence-corrected chi connectivity index (χ0v) is 15.4. The molecule has 124 valence electrons. The number of rotatable bonds is 7. The quantitative estimate of drug-likeness (QED) is 0.668. The minimum absolute atomic E-state index is 0. The average Bonchev–Trinajstić information content (AvgIpc) is 2.87. The topological polar surface area (TPSA) is 74.3 Å². The summed E-state index contributed by atoms with van der Waals surface area (Å²) < 4.78 is 5.83. The maximum absolute atomic E-state index is 11.1. The zero-order chi connectivity index (χ0) is 16.1. The molecular weight excluding hydrogens is 307 g/mol. The molecule has 0 atom stereocenters. The normalized spacial score (nSPS) is 21.0. The van der Waals surface area contributed by atoms with Crippen LogP contribution in [0.25, 0.3) is 0 Å². The molecule has 0 aromatic carbocycles. The molecule has 7 heteroatoms. The molecule has 1 aromatic heterocycles. The monoisotopic (exact) mass is 332 g/mol. The van der Waals surface area contributed by atoms with E-state index >= 15 is 0 Å². The molecule has 23 heavy (non-hydrogen) atoms. The first-order valence-electron chi connectivity index (χ1n) is 8.14. The van der Waals surface area contributed by atoms with Gasteiger partial charge < -0.3 is 20.0 Å². The first-order valence-corrected chi connectivity index (χ1v) is 8.96. The molecule has 0 saturated heterocycles. The maximum atomic E-state index is 11.1. The summed E-state index contributed by atoms with van der Waals surface area (Å²) in [5.41, 5.74) is 0. The van der Waals surface area contributed by atoms with Gasteiger partial charge in [0.05, 0.1) is 11.0 Å². The fourth-order valence-corrected chi connectivity index (χ4v) is 3.67. The number of aryl methyl sites for hydroxylation is 1. The van der Waals surface area contributed by atoms with Crippen molar-refractivity contribution in [2.24, 2.45) is 0 Å². The first-order chi connectivity index (χ1) is 10.5. The molecule has 1 aliphatic rings. The van der Waals surface area contributed by atoms with E-state index in [2.05, 4.69) is 24.1 Å². The van der Waals surface area contributed by atoms with Crippen molar-refractivity contribution in [3.05, 3.63) is 9.88 Å². The first kappa shape index (κ1) is 20.5.